The highest BCUT2D eigenvalue weighted by atomic mass is 32.2. The van der Waals surface area contributed by atoms with Crippen LogP contribution in [-0.2, 0) is 26.0 Å². The molecule has 2 aromatic carbocycles. The zero-order valence-corrected chi connectivity index (χ0v) is 23.6. The van der Waals surface area contributed by atoms with Crippen LogP contribution in [0.15, 0.2) is 48.5 Å². The molecule has 1 aliphatic carbocycles. The minimum absolute atomic E-state index is 0.106. The molecule has 212 valence electrons. The molecule has 1 N–H and O–H groups in total. The van der Waals surface area contributed by atoms with E-state index in [-0.39, 0.29) is 24.2 Å². The van der Waals surface area contributed by atoms with E-state index >= 15 is 0 Å². The second-order valence-corrected chi connectivity index (χ2v) is 12.3. The summed E-state index contributed by atoms with van der Waals surface area (Å²) in [5.74, 6) is 0.124. The van der Waals surface area contributed by atoms with Crippen LogP contribution in [0.25, 0.3) is 0 Å². The number of ether oxygens (including phenoxy) is 2. The van der Waals surface area contributed by atoms with Gasteiger partial charge in [0.15, 0.2) is 11.5 Å². The first kappa shape index (κ1) is 28.7. The van der Waals surface area contributed by atoms with Crippen LogP contribution in [0.4, 0.5) is 5.69 Å². The Hall–Kier alpha value is -3.27. The van der Waals surface area contributed by atoms with E-state index in [2.05, 4.69) is 5.32 Å². The Morgan fingerprint density at radius 1 is 1.00 bits per heavy atom. The van der Waals surface area contributed by atoms with Crippen molar-refractivity contribution >= 4 is 27.5 Å². The molecule has 0 saturated heterocycles. The maximum atomic E-state index is 13.8. The number of hydrogen-bond donors (Lipinski definition) is 1. The van der Waals surface area contributed by atoms with Crippen LogP contribution in [0.5, 0.6) is 11.5 Å². The number of benzene rings is 2. The van der Waals surface area contributed by atoms with Gasteiger partial charge >= 0.3 is 0 Å². The highest BCUT2D eigenvalue weighted by molar-refractivity contribution is 7.92. The number of carbonyl (C=O) groups is 2. The predicted molar refractivity (Wildman–Crippen MR) is 151 cm³/mol. The molecule has 0 spiro atoms. The van der Waals surface area contributed by atoms with E-state index in [1.807, 2.05) is 30.3 Å². The second kappa shape index (κ2) is 13.2. The van der Waals surface area contributed by atoms with E-state index in [9.17, 15) is 18.0 Å². The minimum Gasteiger partial charge on any atom is -0.486 e. The summed E-state index contributed by atoms with van der Waals surface area (Å²) in [4.78, 5) is 28.6. The Morgan fingerprint density at radius 3 is 2.38 bits per heavy atom. The molecule has 9 nitrogen and oxygen atoms in total. The lowest BCUT2D eigenvalue weighted by Crippen LogP contribution is -2.54. The number of amides is 2. The Morgan fingerprint density at radius 2 is 1.69 bits per heavy atom. The highest BCUT2D eigenvalue weighted by Crippen LogP contribution is 2.35. The monoisotopic (exact) mass is 557 g/mol. The van der Waals surface area contributed by atoms with Crippen LogP contribution < -0.4 is 19.1 Å². The summed E-state index contributed by atoms with van der Waals surface area (Å²) in [6.45, 7) is 3.88. The van der Waals surface area contributed by atoms with Gasteiger partial charge in [-0.15, -0.1) is 0 Å². The number of carbonyl (C=O) groups excluding carboxylic acids is 2. The van der Waals surface area contributed by atoms with Crippen LogP contribution in [0.2, 0.25) is 0 Å². The Bertz CT molecular complexity index is 1230. The summed E-state index contributed by atoms with van der Waals surface area (Å²) in [5.41, 5.74) is 1.34. The van der Waals surface area contributed by atoms with Crippen molar-refractivity contribution in [1.82, 2.24) is 10.2 Å². The smallest absolute Gasteiger partial charge is 0.244 e. The molecule has 2 aliphatic rings. The van der Waals surface area contributed by atoms with Crippen LogP contribution in [0, 0.1) is 0 Å². The summed E-state index contributed by atoms with van der Waals surface area (Å²) in [7, 11) is -3.82. The summed E-state index contributed by atoms with van der Waals surface area (Å²) < 4.78 is 38.7. The number of anilines is 1. The molecule has 1 heterocycles. The van der Waals surface area contributed by atoms with Crippen molar-refractivity contribution in [2.75, 3.05) is 36.4 Å². The normalized spacial score (nSPS) is 16.3. The van der Waals surface area contributed by atoms with Gasteiger partial charge in [0.2, 0.25) is 21.8 Å². The van der Waals surface area contributed by atoms with Crippen LogP contribution in [0.3, 0.4) is 0 Å². The zero-order chi connectivity index (χ0) is 27.8. The number of sulfonamides is 1. The molecule has 2 aromatic rings. The van der Waals surface area contributed by atoms with Gasteiger partial charge in [0.05, 0.1) is 11.4 Å². The van der Waals surface area contributed by atoms with E-state index in [1.165, 1.54) is 18.2 Å². The van der Waals surface area contributed by atoms with Crippen molar-refractivity contribution in [3.05, 3.63) is 54.1 Å². The van der Waals surface area contributed by atoms with Gasteiger partial charge in [0.1, 0.15) is 25.8 Å². The third-order valence-corrected chi connectivity index (χ3v) is 9.14. The lowest BCUT2D eigenvalue weighted by Gasteiger charge is -2.33. The average molecular weight is 558 g/mol. The Labute approximate surface area is 231 Å². The summed E-state index contributed by atoms with van der Waals surface area (Å²) in [5, 5.41) is 3.12. The molecular weight excluding hydrogens is 518 g/mol. The predicted octanol–water partition coefficient (Wildman–Crippen LogP) is 3.52. The quantitative estimate of drug-likeness (QED) is 0.453. The first-order valence-electron chi connectivity index (χ1n) is 13.8. The molecule has 0 radical (unpaired) electrons. The maximum absolute atomic E-state index is 13.8. The van der Waals surface area contributed by atoms with E-state index in [0.717, 1.165) is 35.6 Å². The second-order valence-electron chi connectivity index (χ2n) is 10.1. The Kier molecular flexibility index (Phi) is 9.72. The number of nitrogens with zero attached hydrogens (tertiary/aromatic N) is 2. The number of fused-ring (bicyclic) bond motifs is 1. The molecule has 0 aromatic heterocycles. The Balaban J connectivity index is 1.57. The summed E-state index contributed by atoms with van der Waals surface area (Å²) >= 11 is 0. The fourth-order valence-electron chi connectivity index (χ4n) is 5.05. The van der Waals surface area contributed by atoms with Crippen LogP contribution >= 0.6 is 0 Å². The van der Waals surface area contributed by atoms with Gasteiger partial charge in [-0.2, -0.15) is 0 Å². The SMILES string of the molecule is CCS(=O)(=O)N(CC(=O)N(CCc1ccccc1)C(C)C(=O)NC1CCCCC1)c1ccc2c(c1)OCCO2. The fourth-order valence-corrected chi connectivity index (χ4v) is 6.10. The zero-order valence-electron chi connectivity index (χ0n) is 22.8. The van der Waals surface area contributed by atoms with Gasteiger partial charge in [0, 0.05) is 18.7 Å². The highest BCUT2D eigenvalue weighted by Gasteiger charge is 2.32. The van der Waals surface area contributed by atoms with Crippen molar-refractivity contribution < 1.29 is 27.5 Å². The molecule has 0 bridgehead atoms. The number of hydrogen-bond acceptors (Lipinski definition) is 6. The first-order chi connectivity index (χ1) is 18.8. The van der Waals surface area contributed by atoms with Crippen LogP contribution in [-0.4, -0.2) is 69.3 Å². The molecule has 2 amide bonds. The van der Waals surface area contributed by atoms with Crippen molar-refractivity contribution in [3.63, 3.8) is 0 Å². The number of nitrogens with one attached hydrogen (secondary N) is 1. The van der Waals surface area contributed by atoms with Crippen molar-refractivity contribution in [3.8, 4) is 11.5 Å². The van der Waals surface area contributed by atoms with E-state index in [4.69, 9.17) is 9.47 Å². The first-order valence-corrected chi connectivity index (χ1v) is 15.4. The van der Waals surface area contributed by atoms with Gasteiger partial charge < -0.3 is 19.7 Å². The van der Waals surface area contributed by atoms with E-state index < -0.39 is 28.5 Å². The lowest BCUT2D eigenvalue weighted by molar-refractivity contribution is -0.139. The average Bonchev–Trinajstić information content (AvgIpc) is 2.96. The molecule has 39 heavy (non-hydrogen) atoms. The molecule has 1 unspecified atom stereocenters. The molecule has 10 heteroatoms. The van der Waals surface area contributed by atoms with Gasteiger partial charge in [-0.3, -0.25) is 13.9 Å². The lowest BCUT2D eigenvalue weighted by atomic mass is 9.95. The number of rotatable bonds is 11. The molecule has 1 aliphatic heterocycles. The van der Waals surface area contributed by atoms with E-state index in [1.54, 1.807) is 25.1 Å². The largest absolute Gasteiger partial charge is 0.486 e. The van der Waals surface area contributed by atoms with Crippen molar-refractivity contribution in [1.29, 1.82) is 0 Å². The molecule has 4 rings (SSSR count). The van der Waals surface area contributed by atoms with Gasteiger partial charge in [-0.25, -0.2) is 8.42 Å². The molecular formula is C29H39N3O6S. The minimum atomic E-state index is -3.82. The van der Waals surface area contributed by atoms with Gasteiger partial charge in [-0.05, 0) is 50.8 Å². The third kappa shape index (κ3) is 7.44. The van der Waals surface area contributed by atoms with Crippen molar-refractivity contribution in [2.24, 2.45) is 0 Å². The maximum Gasteiger partial charge on any atom is 0.244 e. The fraction of sp³-hybridized carbons (Fsp3) is 0.517. The summed E-state index contributed by atoms with van der Waals surface area (Å²) in [6.07, 6.45) is 5.74. The molecule has 1 saturated carbocycles. The van der Waals surface area contributed by atoms with Crippen LogP contribution in [0.1, 0.15) is 51.5 Å². The van der Waals surface area contributed by atoms with Gasteiger partial charge in [-0.1, -0.05) is 49.6 Å². The van der Waals surface area contributed by atoms with Crippen molar-refractivity contribution in [2.45, 2.75) is 64.5 Å². The molecule has 1 atom stereocenters. The third-order valence-electron chi connectivity index (χ3n) is 7.40. The topological polar surface area (TPSA) is 105 Å². The summed E-state index contributed by atoms with van der Waals surface area (Å²) in [6, 6.07) is 13.9. The van der Waals surface area contributed by atoms with Gasteiger partial charge in [0.25, 0.3) is 0 Å². The molecule has 1 fully saturated rings. The standard InChI is InChI=1S/C29H39N3O6S/c1-3-39(35,36)32(25-14-15-26-27(20-25)38-19-18-37-26)21-28(33)31(17-16-23-10-6-4-7-11-23)22(2)29(34)30-24-12-8-5-9-13-24/h4,6-7,10-11,14-15,20,22,24H,3,5,8-9,12-13,16-19,21H2,1-2H3,(H,30,34). The van der Waals surface area contributed by atoms with E-state index in [0.29, 0.717) is 36.8 Å².